The Bertz CT molecular complexity index is 1180. The van der Waals surface area contributed by atoms with Crippen molar-refractivity contribution in [3.63, 3.8) is 0 Å². The zero-order valence-corrected chi connectivity index (χ0v) is 25.0. The molecule has 0 radical (unpaired) electrons. The van der Waals surface area contributed by atoms with E-state index in [1.165, 1.54) is 57.4 Å². The highest BCUT2D eigenvalue weighted by Gasteiger charge is 2.69. The molecule has 0 heterocycles. The van der Waals surface area contributed by atoms with Crippen LogP contribution in [0.4, 0.5) is 13.2 Å². The molecule has 1 nitrogen and oxygen atoms in total. The van der Waals surface area contributed by atoms with E-state index in [4.69, 9.17) is 0 Å². The van der Waals surface area contributed by atoms with Crippen LogP contribution in [0.3, 0.4) is 0 Å². The molecule has 6 rings (SSSR count). The molecule has 7 unspecified atom stereocenters. The van der Waals surface area contributed by atoms with Crippen LogP contribution in [0.5, 0.6) is 0 Å². The fourth-order valence-electron chi connectivity index (χ4n) is 12.2. The molecule has 0 bridgehead atoms. The minimum atomic E-state index is -4.33. The van der Waals surface area contributed by atoms with Crippen molar-refractivity contribution in [3.8, 4) is 0 Å². The summed E-state index contributed by atoms with van der Waals surface area (Å²) in [7, 11) is 0. The molecule has 1 aromatic carbocycles. The average molecular weight is 543 g/mol. The van der Waals surface area contributed by atoms with Gasteiger partial charge in [-0.2, -0.15) is 13.2 Å². The van der Waals surface area contributed by atoms with E-state index in [2.05, 4.69) is 40.7 Å². The lowest BCUT2D eigenvalue weighted by Crippen LogP contribution is -2.65. The van der Waals surface area contributed by atoms with E-state index < -0.39 is 11.7 Å². The number of alkyl halides is 3. The summed E-state index contributed by atoms with van der Waals surface area (Å²) in [5.41, 5.74) is 2.33. The van der Waals surface area contributed by atoms with Gasteiger partial charge in [0.15, 0.2) is 0 Å². The monoisotopic (exact) mass is 542 g/mol. The van der Waals surface area contributed by atoms with Crippen LogP contribution >= 0.6 is 0 Å². The van der Waals surface area contributed by atoms with Crippen molar-refractivity contribution in [2.75, 3.05) is 6.61 Å². The first kappa shape index (κ1) is 27.9. The van der Waals surface area contributed by atoms with Gasteiger partial charge in [0, 0.05) is 6.61 Å². The first-order valence-corrected chi connectivity index (χ1v) is 15.6. The maximum absolute atomic E-state index is 13.8. The summed E-state index contributed by atoms with van der Waals surface area (Å²) in [5.74, 6) is 2.45. The molecule has 4 fully saturated rings. The van der Waals surface area contributed by atoms with Crippen LogP contribution in [0.2, 0.25) is 0 Å². The van der Waals surface area contributed by atoms with Crippen molar-refractivity contribution < 1.29 is 18.3 Å². The third kappa shape index (κ3) is 3.61. The molecule has 4 heteroatoms. The van der Waals surface area contributed by atoms with Crippen LogP contribution < -0.4 is 0 Å². The van der Waals surface area contributed by atoms with E-state index in [1.807, 2.05) is 6.07 Å². The molecule has 1 aromatic rings. The number of hydrogen-bond donors (Lipinski definition) is 1. The maximum atomic E-state index is 13.8. The molecule has 0 aliphatic heterocycles. The third-order valence-electron chi connectivity index (χ3n) is 14.3. The molecule has 0 saturated heterocycles. The van der Waals surface area contributed by atoms with Gasteiger partial charge in [0.05, 0.1) is 5.56 Å². The van der Waals surface area contributed by atoms with E-state index in [0.717, 1.165) is 24.0 Å². The number of aliphatic hydroxyl groups is 1. The summed E-state index contributed by atoms with van der Waals surface area (Å²) < 4.78 is 41.4. The maximum Gasteiger partial charge on any atom is 0.416 e. The van der Waals surface area contributed by atoms with Gasteiger partial charge in [-0.05, 0) is 138 Å². The minimum Gasteiger partial charge on any atom is -0.396 e. The lowest BCUT2D eigenvalue weighted by molar-refractivity contribution is -0.225. The van der Waals surface area contributed by atoms with E-state index in [0.29, 0.717) is 41.3 Å². The molecule has 4 saturated carbocycles. The van der Waals surface area contributed by atoms with Gasteiger partial charge in [-0.1, -0.05) is 59.2 Å². The Morgan fingerprint density at radius 3 is 2.28 bits per heavy atom. The summed E-state index contributed by atoms with van der Waals surface area (Å²) in [6.07, 6.45) is 10.0. The second kappa shape index (κ2) is 8.62. The summed E-state index contributed by atoms with van der Waals surface area (Å²) in [5, 5.41) is 10.5. The molecule has 1 N–H and O–H groups in total. The molecule has 216 valence electrons. The van der Waals surface area contributed by atoms with E-state index >= 15 is 0 Å². The van der Waals surface area contributed by atoms with Crippen LogP contribution in [0.1, 0.15) is 116 Å². The first-order valence-electron chi connectivity index (χ1n) is 15.6. The van der Waals surface area contributed by atoms with Gasteiger partial charge in [-0.3, -0.25) is 0 Å². The van der Waals surface area contributed by atoms with Crippen LogP contribution in [0.15, 0.2) is 24.3 Å². The zero-order chi connectivity index (χ0) is 28.2. The smallest absolute Gasteiger partial charge is 0.396 e. The summed E-state index contributed by atoms with van der Waals surface area (Å²) in [4.78, 5) is 0. The van der Waals surface area contributed by atoms with Gasteiger partial charge in [-0.15, -0.1) is 0 Å². The number of rotatable bonds is 2. The standard InChI is InChI=1S/C35H49F3O/c1-22-9-10-23(20-27(22)35(36,37)38)24-13-16-31(4)28(30(24,2)3)14-17-33(6)29(31)12-11-25-26-8-7-15-34(26,21-39)19-18-32(25,33)5/h9-10,13,20,25-26,28-29,39H,7-8,11-12,14-19,21H2,1-6H3/t25?,26?,28?,29?,31?,32-,33?,34?/m1/s1. The number of aryl methyl sites for hydroxylation is 1. The summed E-state index contributed by atoms with van der Waals surface area (Å²) >= 11 is 0. The Morgan fingerprint density at radius 1 is 0.846 bits per heavy atom. The highest BCUT2D eigenvalue weighted by atomic mass is 19.4. The summed E-state index contributed by atoms with van der Waals surface area (Å²) in [6.45, 7) is 14.3. The number of benzene rings is 1. The Balaban J connectivity index is 1.37. The fraction of sp³-hybridized carbons (Fsp3) is 0.771. The molecular formula is C35H49F3O. The van der Waals surface area contributed by atoms with Gasteiger partial charge in [0.1, 0.15) is 0 Å². The third-order valence-corrected chi connectivity index (χ3v) is 14.3. The Kier molecular flexibility index (Phi) is 6.15. The SMILES string of the molecule is Cc1ccc(C2=CCC3(C)C(CCC4(C)C3CCC3C5CCCC5(CO)CC[C@]34C)C2(C)C)cc1C(F)(F)F. The van der Waals surface area contributed by atoms with Gasteiger partial charge in [0.2, 0.25) is 0 Å². The van der Waals surface area contributed by atoms with Crippen molar-refractivity contribution in [2.24, 2.45) is 50.7 Å². The number of aliphatic hydroxyl groups excluding tert-OH is 1. The average Bonchev–Trinajstić information content (AvgIpc) is 3.29. The predicted octanol–water partition coefficient (Wildman–Crippen LogP) is 9.85. The highest BCUT2D eigenvalue weighted by molar-refractivity contribution is 5.72. The van der Waals surface area contributed by atoms with Gasteiger partial charge in [0.25, 0.3) is 0 Å². The largest absolute Gasteiger partial charge is 0.416 e. The normalized spacial score (nSPS) is 45.0. The Labute approximate surface area is 234 Å². The molecule has 39 heavy (non-hydrogen) atoms. The van der Waals surface area contributed by atoms with Gasteiger partial charge >= 0.3 is 6.18 Å². The lowest BCUT2D eigenvalue weighted by Gasteiger charge is -2.72. The second-order valence-electron chi connectivity index (χ2n) is 15.8. The van der Waals surface area contributed by atoms with Crippen molar-refractivity contribution in [1.82, 2.24) is 0 Å². The van der Waals surface area contributed by atoms with Crippen molar-refractivity contribution >= 4 is 5.57 Å². The molecule has 0 amide bonds. The van der Waals surface area contributed by atoms with Crippen LogP contribution in [-0.4, -0.2) is 11.7 Å². The van der Waals surface area contributed by atoms with Gasteiger partial charge < -0.3 is 5.11 Å². The number of fused-ring (bicyclic) bond motifs is 7. The molecule has 5 aliphatic carbocycles. The van der Waals surface area contributed by atoms with Crippen LogP contribution in [-0.2, 0) is 6.18 Å². The highest BCUT2D eigenvalue weighted by Crippen LogP contribution is 2.77. The quantitative estimate of drug-likeness (QED) is 0.394. The van der Waals surface area contributed by atoms with Crippen LogP contribution in [0.25, 0.3) is 5.57 Å². The first-order chi connectivity index (χ1) is 18.1. The number of allylic oxidation sites excluding steroid dienone is 2. The fourth-order valence-corrected chi connectivity index (χ4v) is 12.2. The topological polar surface area (TPSA) is 20.2 Å². The van der Waals surface area contributed by atoms with E-state index in [-0.39, 0.29) is 21.7 Å². The van der Waals surface area contributed by atoms with E-state index in [1.54, 1.807) is 13.0 Å². The summed E-state index contributed by atoms with van der Waals surface area (Å²) in [6, 6.07) is 4.97. The molecule has 8 atom stereocenters. The molecule has 5 aliphatic rings. The molecule has 0 spiro atoms. The van der Waals surface area contributed by atoms with Crippen LogP contribution in [0, 0.1) is 57.7 Å². The predicted molar refractivity (Wildman–Crippen MR) is 152 cm³/mol. The van der Waals surface area contributed by atoms with Crippen molar-refractivity contribution in [1.29, 1.82) is 0 Å². The second-order valence-corrected chi connectivity index (χ2v) is 15.8. The van der Waals surface area contributed by atoms with Crippen molar-refractivity contribution in [3.05, 3.63) is 41.0 Å². The lowest BCUT2D eigenvalue weighted by atomic mass is 9.33. The Morgan fingerprint density at radius 2 is 1.59 bits per heavy atom. The molecule has 0 aromatic heterocycles. The van der Waals surface area contributed by atoms with Gasteiger partial charge in [-0.25, -0.2) is 0 Å². The minimum absolute atomic E-state index is 0.146. The Hall–Kier alpha value is -1.29. The van der Waals surface area contributed by atoms with Crippen molar-refractivity contribution in [2.45, 2.75) is 112 Å². The van der Waals surface area contributed by atoms with E-state index in [9.17, 15) is 18.3 Å². The number of halogens is 3. The number of hydrogen-bond acceptors (Lipinski definition) is 1. The molecular weight excluding hydrogens is 493 g/mol. The zero-order valence-electron chi connectivity index (χ0n) is 25.0.